The summed E-state index contributed by atoms with van der Waals surface area (Å²) < 4.78 is 0. The second-order valence-electron chi connectivity index (χ2n) is 5.55. The number of carbonyl (C=O) groups excluding carboxylic acids is 1. The molecule has 22 heavy (non-hydrogen) atoms. The lowest BCUT2D eigenvalue weighted by Crippen LogP contribution is -2.45. The Morgan fingerprint density at radius 2 is 1.91 bits per heavy atom. The summed E-state index contributed by atoms with van der Waals surface area (Å²) >= 11 is 0. The minimum Gasteiger partial charge on any atom is -0.390 e. The molecule has 3 N–H and O–H groups in total. The van der Waals surface area contributed by atoms with E-state index in [0.717, 1.165) is 5.56 Å². The topological polar surface area (TPSA) is 82.5 Å². The van der Waals surface area contributed by atoms with E-state index < -0.39 is 18.2 Å². The van der Waals surface area contributed by atoms with Crippen LogP contribution in [0.15, 0.2) is 54.9 Å². The zero-order valence-electron chi connectivity index (χ0n) is 12.0. The first kappa shape index (κ1) is 14.7. The molecule has 1 aliphatic rings. The van der Waals surface area contributed by atoms with Gasteiger partial charge in [-0.15, -0.1) is 0 Å². The smallest absolute Gasteiger partial charge is 0.253 e. The van der Waals surface area contributed by atoms with E-state index in [1.54, 1.807) is 18.3 Å². The van der Waals surface area contributed by atoms with Gasteiger partial charge in [-0.05, 0) is 24.1 Å². The zero-order valence-corrected chi connectivity index (χ0v) is 12.0. The van der Waals surface area contributed by atoms with Crippen molar-refractivity contribution in [1.29, 1.82) is 0 Å². The molecule has 2 aromatic rings. The van der Waals surface area contributed by atoms with Crippen molar-refractivity contribution in [1.82, 2.24) is 10.3 Å². The third kappa shape index (κ3) is 2.86. The van der Waals surface area contributed by atoms with Crippen LogP contribution < -0.4 is 5.32 Å². The number of benzene rings is 1. The summed E-state index contributed by atoms with van der Waals surface area (Å²) in [5, 5.41) is 23.0. The number of aromatic nitrogens is 1. The van der Waals surface area contributed by atoms with Crippen LogP contribution in [-0.2, 0) is 0 Å². The quantitative estimate of drug-likeness (QED) is 0.792. The van der Waals surface area contributed by atoms with Gasteiger partial charge >= 0.3 is 0 Å². The van der Waals surface area contributed by atoms with Crippen LogP contribution in [-0.4, -0.2) is 39.4 Å². The Bertz CT molecular complexity index is 633. The number of hydrogen-bond acceptors (Lipinski definition) is 4. The van der Waals surface area contributed by atoms with Crippen molar-refractivity contribution >= 4 is 5.91 Å². The lowest BCUT2D eigenvalue weighted by Gasteiger charge is -2.23. The van der Waals surface area contributed by atoms with Crippen molar-refractivity contribution in [3.8, 4) is 0 Å². The van der Waals surface area contributed by atoms with Gasteiger partial charge in [-0.3, -0.25) is 9.78 Å². The molecule has 0 bridgehead atoms. The number of nitrogens with one attached hydrogen (secondary N) is 1. The number of rotatable bonds is 3. The third-order valence-electron chi connectivity index (χ3n) is 4.14. The first-order valence-corrected chi connectivity index (χ1v) is 7.29. The highest BCUT2D eigenvalue weighted by molar-refractivity contribution is 5.94. The van der Waals surface area contributed by atoms with E-state index >= 15 is 0 Å². The van der Waals surface area contributed by atoms with Gasteiger partial charge in [0.25, 0.3) is 5.91 Å². The monoisotopic (exact) mass is 298 g/mol. The van der Waals surface area contributed by atoms with E-state index in [2.05, 4.69) is 10.3 Å². The maximum absolute atomic E-state index is 12.3. The van der Waals surface area contributed by atoms with Gasteiger partial charge in [0.2, 0.25) is 0 Å². The lowest BCUT2D eigenvalue weighted by atomic mass is 9.93. The summed E-state index contributed by atoms with van der Waals surface area (Å²) in [4.78, 5) is 16.2. The van der Waals surface area contributed by atoms with Gasteiger partial charge in [-0.25, -0.2) is 0 Å². The number of pyridine rings is 1. The van der Waals surface area contributed by atoms with E-state index in [-0.39, 0.29) is 11.8 Å². The molecule has 5 nitrogen and oxygen atoms in total. The number of nitrogens with zero attached hydrogens (tertiary/aromatic N) is 1. The zero-order chi connectivity index (χ0) is 15.5. The Morgan fingerprint density at radius 1 is 1.14 bits per heavy atom. The molecule has 0 radical (unpaired) electrons. The van der Waals surface area contributed by atoms with Crippen molar-refractivity contribution in [2.45, 2.75) is 30.6 Å². The predicted octanol–water partition coefficient (Wildman–Crippen LogP) is 1.09. The maximum Gasteiger partial charge on any atom is 0.253 e. The van der Waals surface area contributed by atoms with Crippen LogP contribution >= 0.6 is 0 Å². The van der Waals surface area contributed by atoms with E-state index in [4.69, 9.17) is 0 Å². The number of carbonyl (C=O) groups is 1. The molecule has 5 heteroatoms. The Hall–Kier alpha value is -2.24. The molecular formula is C17H18N2O3. The van der Waals surface area contributed by atoms with E-state index in [1.807, 2.05) is 30.3 Å². The minimum atomic E-state index is -0.981. The molecule has 1 aliphatic carbocycles. The Kier molecular flexibility index (Phi) is 4.18. The maximum atomic E-state index is 12.3. The highest BCUT2D eigenvalue weighted by Gasteiger charge is 2.43. The second-order valence-corrected chi connectivity index (χ2v) is 5.55. The van der Waals surface area contributed by atoms with Gasteiger partial charge in [-0.1, -0.05) is 30.3 Å². The Morgan fingerprint density at radius 3 is 2.59 bits per heavy atom. The summed E-state index contributed by atoms with van der Waals surface area (Å²) in [5.74, 6) is -0.418. The average molecular weight is 298 g/mol. The summed E-state index contributed by atoms with van der Waals surface area (Å²) in [6.07, 6.45) is 1.67. The molecule has 0 saturated heterocycles. The highest BCUT2D eigenvalue weighted by atomic mass is 16.3. The van der Waals surface area contributed by atoms with Crippen molar-refractivity contribution in [3.63, 3.8) is 0 Å². The number of aliphatic hydroxyl groups is 2. The lowest BCUT2D eigenvalue weighted by molar-refractivity contribution is 0.0294. The molecule has 1 aromatic heterocycles. The third-order valence-corrected chi connectivity index (χ3v) is 4.14. The second kappa shape index (κ2) is 6.25. The van der Waals surface area contributed by atoms with Gasteiger partial charge in [0.05, 0.1) is 17.7 Å². The first-order valence-electron chi connectivity index (χ1n) is 7.29. The summed E-state index contributed by atoms with van der Waals surface area (Å²) in [6, 6.07) is 12.4. The summed E-state index contributed by atoms with van der Waals surface area (Å²) in [6.45, 7) is 0. The van der Waals surface area contributed by atoms with Gasteiger partial charge < -0.3 is 15.5 Å². The van der Waals surface area contributed by atoms with E-state index in [9.17, 15) is 15.0 Å². The standard InChI is InChI=1S/C17H18N2O3/c20-14-9-13(11-5-2-1-3-6-11)15(16(14)21)19-17(22)12-7-4-8-18-10-12/h1-8,10,13-16,20-21H,9H2,(H,19,22). The molecule has 1 aromatic carbocycles. The minimum absolute atomic E-state index is 0.119. The summed E-state index contributed by atoms with van der Waals surface area (Å²) in [5.41, 5.74) is 1.43. The number of aliphatic hydroxyl groups excluding tert-OH is 2. The Labute approximate surface area is 128 Å². The SMILES string of the molecule is O=C(NC1C(c2ccccc2)CC(O)C1O)c1cccnc1. The van der Waals surface area contributed by atoms with Crippen molar-refractivity contribution in [3.05, 3.63) is 66.0 Å². The normalized spacial score (nSPS) is 27.5. The average Bonchev–Trinajstić information content (AvgIpc) is 2.85. The molecule has 0 spiro atoms. The molecular weight excluding hydrogens is 280 g/mol. The molecule has 1 fully saturated rings. The fraction of sp³-hybridized carbons (Fsp3) is 0.294. The molecule has 114 valence electrons. The molecule has 4 unspecified atom stereocenters. The van der Waals surface area contributed by atoms with Crippen LogP contribution in [0, 0.1) is 0 Å². The van der Waals surface area contributed by atoms with Crippen LogP contribution in [0.4, 0.5) is 0 Å². The van der Waals surface area contributed by atoms with Gasteiger partial charge in [0.1, 0.15) is 6.10 Å². The Balaban J connectivity index is 1.82. The first-order chi connectivity index (χ1) is 10.7. The van der Waals surface area contributed by atoms with Crippen LogP contribution in [0.3, 0.4) is 0 Å². The molecule has 1 amide bonds. The van der Waals surface area contributed by atoms with Gasteiger partial charge in [-0.2, -0.15) is 0 Å². The molecule has 3 rings (SSSR count). The fourth-order valence-corrected chi connectivity index (χ4v) is 2.98. The molecule has 1 heterocycles. The summed E-state index contributed by atoms with van der Waals surface area (Å²) in [7, 11) is 0. The van der Waals surface area contributed by atoms with Crippen molar-refractivity contribution in [2.24, 2.45) is 0 Å². The fourth-order valence-electron chi connectivity index (χ4n) is 2.98. The van der Waals surface area contributed by atoms with Crippen LogP contribution in [0.25, 0.3) is 0 Å². The van der Waals surface area contributed by atoms with E-state index in [1.165, 1.54) is 6.20 Å². The predicted molar refractivity (Wildman–Crippen MR) is 81.3 cm³/mol. The highest BCUT2D eigenvalue weighted by Crippen LogP contribution is 2.35. The van der Waals surface area contributed by atoms with Crippen LogP contribution in [0.2, 0.25) is 0 Å². The van der Waals surface area contributed by atoms with Crippen molar-refractivity contribution < 1.29 is 15.0 Å². The number of amides is 1. The van der Waals surface area contributed by atoms with Crippen molar-refractivity contribution in [2.75, 3.05) is 0 Å². The number of hydrogen-bond donors (Lipinski definition) is 3. The molecule has 0 aliphatic heterocycles. The van der Waals surface area contributed by atoms with Gasteiger partial charge in [0, 0.05) is 18.3 Å². The van der Waals surface area contributed by atoms with Crippen LogP contribution in [0.1, 0.15) is 28.3 Å². The molecule has 4 atom stereocenters. The van der Waals surface area contributed by atoms with Gasteiger partial charge in [0.15, 0.2) is 0 Å². The molecule has 1 saturated carbocycles. The van der Waals surface area contributed by atoms with Crippen LogP contribution in [0.5, 0.6) is 0 Å². The largest absolute Gasteiger partial charge is 0.390 e. The van der Waals surface area contributed by atoms with E-state index in [0.29, 0.717) is 12.0 Å².